The third-order valence-electron chi connectivity index (χ3n) is 12.0. The molecule has 4 aliphatic rings. The number of ketones is 1. The van der Waals surface area contributed by atoms with Crippen LogP contribution in [-0.4, -0.2) is 26.5 Å². The highest BCUT2D eigenvalue weighted by Gasteiger charge is 2.62. The number of aldehydes is 1. The molecule has 3 aromatic rings. The average Bonchev–Trinajstić information content (AvgIpc) is 3.34. The van der Waals surface area contributed by atoms with E-state index in [-0.39, 0.29) is 16.9 Å². The lowest BCUT2D eigenvalue weighted by atomic mass is 9.45. The maximum Gasteiger partial charge on any atom is 0.288 e. The SMILES string of the molecule is C[C@]12CC[C@@H]3[C@@H](CCC4CC(O[Si](c5ccccc5)(c5ccccc5)c5ccccc5)CC[C@@]43C=O)[C@@H]1CCC2=O. The van der Waals surface area contributed by atoms with Crippen LogP contribution in [0.15, 0.2) is 91.0 Å². The van der Waals surface area contributed by atoms with Crippen LogP contribution in [0, 0.1) is 34.5 Å². The molecule has 3 nitrogen and oxygen atoms in total. The Morgan fingerprint density at radius 2 is 1.32 bits per heavy atom. The van der Waals surface area contributed by atoms with Gasteiger partial charge in [0.25, 0.3) is 8.32 Å². The molecule has 2 unspecified atom stereocenters. The molecule has 7 rings (SSSR count). The molecular weight excluding hydrogens is 520 g/mol. The van der Waals surface area contributed by atoms with Gasteiger partial charge in [-0.15, -0.1) is 0 Å². The summed E-state index contributed by atoms with van der Waals surface area (Å²) in [5.74, 6) is 2.24. The number of hydrogen-bond donors (Lipinski definition) is 0. The van der Waals surface area contributed by atoms with Crippen LogP contribution in [0.25, 0.3) is 0 Å². The summed E-state index contributed by atoms with van der Waals surface area (Å²) in [7, 11) is -2.80. The normalized spacial score (nSPS) is 34.8. The zero-order valence-corrected chi connectivity index (χ0v) is 25.2. The van der Waals surface area contributed by atoms with Crippen LogP contribution in [0.5, 0.6) is 0 Å². The molecule has 41 heavy (non-hydrogen) atoms. The van der Waals surface area contributed by atoms with E-state index < -0.39 is 8.32 Å². The Kier molecular flexibility index (Phi) is 6.90. The van der Waals surface area contributed by atoms with Crippen LogP contribution >= 0.6 is 0 Å². The summed E-state index contributed by atoms with van der Waals surface area (Å²) >= 11 is 0. The van der Waals surface area contributed by atoms with Gasteiger partial charge < -0.3 is 9.22 Å². The molecule has 0 aromatic heterocycles. The van der Waals surface area contributed by atoms with Crippen molar-refractivity contribution in [3.05, 3.63) is 91.0 Å². The molecule has 4 aliphatic carbocycles. The summed E-state index contributed by atoms with van der Waals surface area (Å²) in [6.45, 7) is 2.23. The molecule has 0 heterocycles. The highest BCUT2D eigenvalue weighted by molar-refractivity contribution is 7.07. The number of Topliss-reactive ketones (excluding diaryl/α,β-unsaturated/α-hetero) is 1. The maximum atomic E-state index is 13.2. The second-order valence-corrected chi connectivity index (χ2v) is 16.9. The first-order valence-electron chi connectivity index (χ1n) is 15.9. The Bertz CT molecular complexity index is 1290. The Morgan fingerprint density at radius 1 is 0.732 bits per heavy atom. The molecule has 0 bridgehead atoms. The van der Waals surface area contributed by atoms with Gasteiger partial charge in [0, 0.05) is 23.4 Å². The number of fused-ring (bicyclic) bond motifs is 5. The number of benzene rings is 3. The molecule has 0 amide bonds. The lowest BCUT2D eigenvalue weighted by molar-refractivity contribution is -0.153. The Hall–Kier alpha value is -2.82. The molecule has 0 spiro atoms. The largest absolute Gasteiger partial charge is 0.401 e. The van der Waals surface area contributed by atoms with Gasteiger partial charge in [-0.05, 0) is 90.6 Å². The van der Waals surface area contributed by atoms with E-state index in [1.807, 2.05) is 0 Å². The summed E-state index contributed by atoms with van der Waals surface area (Å²) in [6, 6.07) is 32.6. The van der Waals surface area contributed by atoms with Crippen LogP contribution in [0.2, 0.25) is 0 Å². The highest BCUT2D eigenvalue weighted by Crippen LogP contribution is 2.65. The molecule has 4 saturated carbocycles. The Balaban J connectivity index is 1.23. The smallest absolute Gasteiger partial charge is 0.288 e. The predicted molar refractivity (Wildman–Crippen MR) is 166 cm³/mol. The second kappa shape index (κ2) is 10.5. The predicted octanol–water partition coefficient (Wildman–Crippen LogP) is 5.83. The van der Waals surface area contributed by atoms with Crippen LogP contribution in [0.3, 0.4) is 0 Å². The van der Waals surface area contributed by atoms with E-state index in [9.17, 15) is 9.59 Å². The summed E-state index contributed by atoms with van der Waals surface area (Å²) < 4.78 is 7.59. The van der Waals surface area contributed by atoms with Gasteiger partial charge in [-0.2, -0.15) is 0 Å². The van der Waals surface area contributed by atoms with Gasteiger partial charge in [0.05, 0.1) is 0 Å². The average molecular weight is 563 g/mol. The van der Waals surface area contributed by atoms with E-state index in [0.717, 1.165) is 57.8 Å². The minimum atomic E-state index is -2.80. The Labute approximate surface area is 245 Å². The van der Waals surface area contributed by atoms with E-state index in [0.29, 0.717) is 29.5 Å². The summed E-state index contributed by atoms with van der Waals surface area (Å²) in [5, 5.41) is 3.81. The lowest BCUT2D eigenvalue weighted by Crippen LogP contribution is -2.71. The molecular formula is C37H42O3Si. The van der Waals surface area contributed by atoms with Crippen molar-refractivity contribution in [1.29, 1.82) is 0 Å². The Morgan fingerprint density at radius 3 is 1.88 bits per heavy atom. The molecule has 212 valence electrons. The molecule has 3 aromatic carbocycles. The fourth-order valence-electron chi connectivity index (χ4n) is 9.99. The second-order valence-electron chi connectivity index (χ2n) is 13.6. The van der Waals surface area contributed by atoms with Gasteiger partial charge in [0.15, 0.2) is 0 Å². The van der Waals surface area contributed by atoms with Crippen molar-refractivity contribution in [3.8, 4) is 0 Å². The molecule has 0 radical (unpaired) electrons. The fourth-order valence-corrected chi connectivity index (χ4v) is 14.1. The van der Waals surface area contributed by atoms with E-state index in [2.05, 4.69) is 97.9 Å². The molecule has 0 N–H and O–H groups in total. The van der Waals surface area contributed by atoms with E-state index >= 15 is 0 Å². The van der Waals surface area contributed by atoms with Crippen molar-refractivity contribution >= 4 is 35.9 Å². The van der Waals surface area contributed by atoms with Crippen LogP contribution in [0.1, 0.15) is 64.7 Å². The first kappa shape index (κ1) is 27.0. The minimum Gasteiger partial charge on any atom is -0.401 e. The quantitative estimate of drug-likeness (QED) is 0.216. The third kappa shape index (κ3) is 4.16. The molecule has 4 fully saturated rings. The van der Waals surface area contributed by atoms with Gasteiger partial charge in [0.1, 0.15) is 12.1 Å². The maximum absolute atomic E-state index is 13.2. The van der Waals surface area contributed by atoms with E-state index in [1.165, 1.54) is 21.8 Å². The van der Waals surface area contributed by atoms with Crippen LogP contribution < -0.4 is 15.6 Å². The van der Waals surface area contributed by atoms with Gasteiger partial charge in [-0.1, -0.05) is 97.9 Å². The molecule has 0 aliphatic heterocycles. The summed E-state index contributed by atoms with van der Waals surface area (Å²) in [4.78, 5) is 26.0. The van der Waals surface area contributed by atoms with E-state index in [1.54, 1.807) is 0 Å². The third-order valence-corrected chi connectivity index (χ3v) is 16.1. The van der Waals surface area contributed by atoms with Crippen molar-refractivity contribution in [3.63, 3.8) is 0 Å². The van der Waals surface area contributed by atoms with Crippen molar-refractivity contribution < 1.29 is 14.0 Å². The van der Waals surface area contributed by atoms with Gasteiger partial charge in [-0.25, -0.2) is 0 Å². The van der Waals surface area contributed by atoms with Crippen molar-refractivity contribution in [2.24, 2.45) is 34.5 Å². The molecule has 0 saturated heterocycles. The fraction of sp³-hybridized carbons (Fsp3) is 0.459. The molecule has 7 atom stereocenters. The topological polar surface area (TPSA) is 43.4 Å². The van der Waals surface area contributed by atoms with Gasteiger partial charge in [0.2, 0.25) is 0 Å². The zero-order chi connectivity index (χ0) is 28.1. The standard InChI is InChI=1S/C37H42O3Si/c1-36-23-22-34-32(33(36)19-20-35(36)39)18-17-27-25-28(21-24-37(27,34)26-38)40-41(29-11-5-2-6-12-29,30-13-7-3-8-14-30)31-15-9-4-10-16-31/h2-16,26-28,32-34H,17-25H2,1H3/t27?,28?,32-,33-,34+,36-,37+/m0/s1. The van der Waals surface area contributed by atoms with Gasteiger partial charge >= 0.3 is 0 Å². The van der Waals surface area contributed by atoms with Gasteiger partial charge in [-0.3, -0.25) is 4.79 Å². The lowest BCUT2D eigenvalue weighted by Gasteiger charge is -2.59. The highest BCUT2D eigenvalue weighted by atomic mass is 28.4. The van der Waals surface area contributed by atoms with Crippen LogP contribution in [-0.2, 0) is 14.0 Å². The number of rotatable bonds is 6. The zero-order valence-electron chi connectivity index (χ0n) is 24.2. The van der Waals surface area contributed by atoms with Crippen molar-refractivity contribution in [1.82, 2.24) is 0 Å². The van der Waals surface area contributed by atoms with Crippen LogP contribution in [0.4, 0.5) is 0 Å². The monoisotopic (exact) mass is 562 g/mol. The van der Waals surface area contributed by atoms with Crippen molar-refractivity contribution in [2.75, 3.05) is 0 Å². The minimum absolute atomic E-state index is 0.110. The number of carbonyl (C=O) groups excluding carboxylic acids is 2. The summed E-state index contributed by atoms with van der Waals surface area (Å²) in [6.07, 6.45) is 10.3. The number of hydrogen-bond acceptors (Lipinski definition) is 3. The first-order chi connectivity index (χ1) is 20.0. The number of carbonyl (C=O) groups is 2. The van der Waals surface area contributed by atoms with E-state index in [4.69, 9.17) is 4.43 Å². The van der Waals surface area contributed by atoms with Crippen molar-refractivity contribution in [2.45, 2.75) is 70.8 Å². The summed E-state index contributed by atoms with van der Waals surface area (Å²) in [5.41, 5.74) is -0.406. The first-order valence-corrected chi connectivity index (χ1v) is 17.8. The molecule has 4 heteroatoms.